The van der Waals surface area contributed by atoms with Crippen LogP contribution in [-0.2, 0) is 11.3 Å². The highest BCUT2D eigenvalue weighted by atomic mass is 19.1. The van der Waals surface area contributed by atoms with E-state index in [4.69, 9.17) is 0 Å². The molecule has 5 rings (SSSR count). The van der Waals surface area contributed by atoms with Gasteiger partial charge in [-0.2, -0.15) is 5.10 Å². The standard InChI is InChI=1S/C21H28FN7O/c22-17-9-23-14-25-21(17)27-11-15-8-16(12-27)19(29-7-2-1-4-18(15)29)10-24-20(30)13-28-6-3-5-26-28/h3,5-6,9,14-16,18-19H,1-2,4,7-8,10-13H2,(H,24,30)/t15-,16+,18+,19+/m1/s1. The Morgan fingerprint density at radius 1 is 1.27 bits per heavy atom. The highest BCUT2D eigenvalue weighted by Crippen LogP contribution is 2.42. The second-order valence-electron chi connectivity index (χ2n) is 8.73. The van der Waals surface area contributed by atoms with Crippen LogP contribution in [0, 0.1) is 17.7 Å². The van der Waals surface area contributed by atoms with Crippen LogP contribution in [0.3, 0.4) is 0 Å². The molecule has 3 aliphatic rings. The van der Waals surface area contributed by atoms with Crippen molar-refractivity contribution in [1.82, 2.24) is 30.0 Å². The van der Waals surface area contributed by atoms with E-state index in [2.05, 4.69) is 30.2 Å². The maximum atomic E-state index is 14.4. The fraction of sp³-hybridized carbons (Fsp3) is 0.619. The molecular weight excluding hydrogens is 385 g/mol. The summed E-state index contributed by atoms with van der Waals surface area (Å²) >= 11 is 0. The molecule has 0 unspecified atom stereocenters. The molecule has 1 amide bonds. The average molecular weight is 414 g/mol. The molecule has 5 heterocycles. The molecule has 9 heteroatoms. The quantitative estimate of drug-likeness (QED) is 0.796. The van der Waals surface area contributed by atoms with E-state index in [0.717, 1.165) is 26.1 Å². The summed E-state index contributed by atoms with van der Waals surface area (Å²) in [6.07, 6.45) is 10.9. The number of carbonyl (C=O) groups excluding carboxylic acids is 1. The van der Waals surface area contributed by atoms with Gasteiger partial charge in [0.2, 0.25) is 5.91 Å². The SMILES string of the molecule is O=C(Cn1cccn1)NC[C@H]1[C@H]2C[C@H](CN(c3ncncc3F)C2)[C@@H]2CCCCN21. The molecule has 0 aliphatic carbocycles. The number of fused-ring (bicyclic) bond motifs is 4. The Morgan fingerprint density at radius 2 is 2.17 bits per heavy atom. The second kappa shape index (κ2) is 8.29. The largest absolute Gasteiger partial charge is 0.353 e. The monoisotopic (exact) mass is 413 g/mol. The van der Waals surface area contributed by atoms with Crippen LogP contribution in [0.2, 0.25) is 0 Å². The van der Waals surface area contributed by atoms with Gasteiger partial charge < -0.3 is 10.2 Å². The predicted octanol–water partition coefficient (Wildman–Crippen LogP) is 1.31. The lowest BCUT2D eigenvalue weighted by atomic mass is 9.72. The highest BCUT2D eigenvalue weighted by molar-refractivity contribution is 5.75. The van der Waals surface area contributed by atoms with Crippen LogP contribution < -0.4 is 10.2 Å². The van der Waals surface area contributed by atoms with Gasteiger partial charge >= 0.3 is 0 Å². The molecular formula is C21H28FN7O. The van der Waals surface area contributed by atoms with E-state index >= 15 is 0 Å². The third kappa shape index (κ3) is 3.78. The van der Waals surface area contributed by atoms with Crippen molar-refractivity contribution >= 4 is 11.7 Å². The van der Waals surface area contributed by atoms with Crippen molar-refractivity contribution in [3.63, 3.8) is 0 Å². The van der Waals surface area contributed by atoms with E-state index in [1.807, 2.05) is 6.07 Å². The van der Waals surface area contributed by atoms with Gasteiger partial charge in [0.25, 0.3) is 0 Å². The van der Waals surface area contributed by atoms with Crippen molar-refractivity contribution in [2.24, 2.45) is 11.8 Å². The van der Waals surface area contributed by atoms with Gasteiger partial charge in [-0.15, -0.1) is 0 Å². The topological polar surface area (TPSA) is 79.2 Å². The molecule has 0 radical (unpaired) electrons. The zero-order chi connectivity index (χ0) is 20.5. The zero-order valence-corrected chi connectivity index (χ0v) is 17.0. The maximum absolute atomic E-state index is 14.4. The summed E-state index contributed by atoms with van der Waals surface area (Å²) in [5, 5.41) is 7.24. The number of anilines is 1. The van der Waals surface area contributed by atoms with E-state index in [-0.39, 0.29) is 24.3 Å². The Kier molecular flexibility index (Phi) is 5.37. The molecule has 0 spiro atoms. The Bertz CT molecular complexity index is 876. The van der Waals surface area contributed by atoms with Gasteiger partial charge in [-0.1, -0.05) is 6.42 Å². The predicted molar refractivity (Wildman–Crippen MR) is 109 cm³/mol. The van der Waals surface area contributed by atoms with Crippen molar-refractivity contribution in [2.45, 2.75) is 44.3 Å². The zero-order valence-electron chi connectivity index (χ0n) is 17.0. The number of aromatic nitrogens is 4. The number of piperidine rings is 3. The fourth-order valence-electron chi connectivity index (χ4n) is 5.72. The van der Waals surface area contributed by atoms with Crippen LogP contribution >= 0.6 is 0 Å². The van der Waals surface area contributed by atoms with Gasteiger partial charge in [-0.25, -0.2) is 14.4 Å². The lowest BCUT2D eigenvalue weighted by Gasteiger charge is -2.57. The molecule has 3 saturated heterocycles. The number of nitrogens with zero attached hydrogens (tertiary/aromatic N) is 6. The Hall–Kier alpha value is -2.55. The maximum Gasteiger partial charge on any atom is 0.241 e. The van der Waals surface area contributed by atoms with E-state index in [1.165, 1.54) is 31.8 Å². The summed E-state index contributed by atoms with van der Waals surface area (Å²) < 4.78 is 16.0. The lowest BCUT2D eigenvalue weighted by Crippen LogP contribution is -2.66. The Balaban J connectivity index is 1.32. The number of rotatable bonds is 5. The van der Waals surface area contributed by atoms with Gasteiger partial charge in [0.05, 0.1) is 6.20 Å². The molecule has 1 N–H and O–H groups in total. The van der Waals surface area contributed by atoms with Crippen molar-refractivity contribution in [3.8, 4) is 0 Å². The Labute approximate surface area is 175 Å². The van der Waals surface area contributed by atoms with Crippen molar-refractivity contribution in [2.75, 3.05) is 31.1 Å². The van der Waals surface area contributed by atoms with Crippen LogP contribution in [-0.4, -0.2) is 68.8 Å². The van der Waals surface area contributed by atoms with E-state index < -0.39 is 0 Å². The van der Waals surface area contributed by atoms with Crippen LogP contribution in [0.25, 0.3) is 0 Å². The molecule has 4 atom stereocenters. The molecule has 160 valence electrons. The molecule has 30 heavy (non-hydrogen) atoms. The minimum Gasteiger partial charge on any atom is -0.353 e. The Morgan fingerprint density at radius 3 is 3.00 bits per heavy atom. The number of nitrogens with one attached hydrogen (secondary N) is 1. The summed E-state index contributed by atoms with van der Waals surface area (Å²) in [6.45, 7) is 3.53. The van der Waals surface area contributed by atoms with Gasteiger partial charge in [-0.05, 0) is 43.7 Å². The highest BCUT2D eigenvalue weighted by Gasteiger charge is 2.47. The van der Waals surface area contributed by atoms with Crippen molar-refractivity contribution in [1.29, 1.82) is 0 Å². The molecule has 2 bridgehead atoms. The van der Waals surface area contributed by atoms with Crippen molar-refractivity contribution in [3.05, 3.63) is 36.8 Å². The van der Waals surface area contributed by atoms with E-state index in [9.17, 15) is 9.18 Å². The molecule has 8 nitrogen and oxygen atoms in total. The smallest absolute Gasteiger partial charge is 0.241 e. The number of amides is 1. The summed E-state index contributed by atoms with van der Waals surface area (Å²) in [7, 11) is 0. The number of hydrogen-bond acceptors (Lipinski definition) is 6. The molecule has 0 saturated carbocycles. The van der Waals surface area contributed by atoms with Crippen LogP contribution in [0.4, 0.5) is 10.2 Å². The third-order valence-corrected chi connectivity index (χ3v) is 6.94. The molecule has 2 aromatic heterocycles. The summed E-state index contributed by atoms with van der Waals surface area (Å²) in [5.41, 5.74) is 0. The first-order valence-corrected chi connectivity index (χ1v) is 10.9. The first-order chi connectivity index (χ1) is 14.7. The first kappa shape index (κ1) is 19.4. The summed E-state index contributed by atoms with van der Waals surface area (Å²) in [4.78, 5) is 25.2. The summed E-state index contributed by atoms with van der Waals surface area (Å²) in [5.74, 6) is 0.906. The van der Waals surface area contributed by atoms with Gasteiger partial charge in [-0.3, -0.25) is 14.4 Å². The average Bonchev–Trinajstić information content (AvgIpc) is 3.27. The van der Waals surface area contributed by atoms with Crippen LogP contribution in [0.15, 0.2) is 31.0 Å². The number of hydrogen-bond donors (Lipinski definition) is 1. The minimum absolute atomic E-state index is 0.0242. The minimum atomic E-state index is -0.359. The fourth-order valence-corrected chi connectivity index (χ4v) is 5.72. The molecule has 3 fully saturated rings. The van der Waals surface area contributed by atoms with Gasteiger partial charge in [0.1, 0.15) is 12.9 Å². The van der Waals surface area contributed by atoms with Crippen molar-refractivity contribution < 1.29 is 9.18 Å². The van der Waals surface area contributed by atoms with Crippen LogP contribution in [0.5, 0.6) is 0 Å². The molecule has 2 aromatic rings. The lowest BCUT2D eigenvalue weighted by molar-refractivity contribution is -0.122. The molecule has 0 aromatic carbocycles. The second-order valence-corrected chi connectivity index (χ2v) is 8.73. The van der Waals surface area contributed by atoms with E-state index in [0.29, 0.717) is 30.2 Å². The molecule has 3 aliphatic heterocycles. The van der Waals surface area contributed by atoms with Crippen LogP contribution in [0.1, 0.15) is 25.7 Å². The number of carbonyl (C=O) groups is 1. The first-order valence-electron chi connectivity index (χ1n) is 10.9. The summed E-state index contributed by atoms with van der Waals surface area (Å²) in [6, 6.07) is 2.58. The third-order valence-electron chi connectivity index (χ3n) is 6.94. The normalized spacial score (nSPS) is 28.8. The van der Waals surface area contributed by atoms with E-state index in [1.54, 1.807) is 17.1 Å². The van der Waals surface area contributed by atoms with Gasteiger partial charge in [0.15, 0.2) is 11.6 Å². The van der Waals surface area contributed by atoms with Gasteiger partial charge in [0, 0.05) is 44.1 Å². The number of halogens is 1.